The summed E-state index contributed by atoms with van der Waals surface area (Å²) >= 11 is 12.3. The fourth-order valence-electron chi connectivity index (χ4n) is 3.39. The van der Waals surface area contributed by atoms with E-state index >= 15 is 0 Å². The Morgan fingerprint density at radius 3 is 2.72 bits per heavy atom. The van der Waals surface area contributed by atoms with Gasteiger partial charge in [-0.2, -0.15) is 10.4 Å². The molecule has 9 heteroatoms. The molecule has 1 saturated heterocycles. The second-order valence-corrected chi connectivity index (χ2v) is 8.20. The van der Waals surface area contributed by atoms with Crippen molar-refractivity contribution >= 4 is 40.1 Å². The van der Waals surface area contributed by atoms with E-state index in [1.165, 1.54) is 6.42 Å². The molecule has 7 nitrogen and oxygen atoms in total. The van der Waals surface area contributed by atoms with E-state index in [0.29, 0.717) is 38.5 Å². The van der Waals surface area contributed by atoms with Crippen molar-refractivity contribution in [3.63, 3.8) is 0 Å². The van der Waals surface area contributed by atoms with Gasteiger partial charge in [0.15, 0.2) is 5.65 Å². The third-order valence-corrected chi connectivity index (χ3v) is 5.71. The van der Waals surface area contributed by atoms with Crippen LogP contribution in [-0.4, -0.2) is 28.3 Å². The Kier molecular flexibility index (Phi) is 5.48. The molecule has 0 bridgehead atoms. The van der Waals surface area contributed by atoms with Gasteiger partial charge < -0.3 is 14.4 Å². The molecular formula is C23H17Cl2N5O2. The third-order valence-electron chi connectivity index (χ3n) is 5.18. The minimum absolute atomic E-state index is 0.276. The molecule has 0 radical (unpaired) electrons. The minimum atomic E-state index is 0.276. The van der Waals surface area contributed by atoms with Crippen LogP contribution in [-0.2, 0) is 6.61 Å². The predicted molar refractivity (Wildman–Crippen MR) is 123 cm³/mol. The summed E-state index contributed by atoms with van der Waals surface area (Å²) in [4.78, 5) is 6.84. The number of benzene rings is 2. The van der Waals surface area contributed by atoms with E-state index in [-0.39, 0.29) is 6.61 Å². The molecule has 1 fully saturated rings. The van der Waals surface area contributed by atoms with E-state index < -0.39 is 0 Å². The number of nitriles is 1. The largest absolute Gasteiger partial charge is 0.487 e. The lowest BCUT2D eigenvalue weighted by atomic mass is 10.2. The first-order valence-electron chi connectivity index (χ1n) is 9.99. The van der Waals surface area contributed by atoms with Gasteiger partial charge in [0.1, 0.15) is 29.7 Å². The molecule has 1 aliphatic heterocycles. The number of halogens is 2. The molecule has 1 N–H and O–H groups in total. The second-order valence-electron chi connectivity index (χ2n) is 7.35. The van der Waals surface area contributed by atoms with Crippen LogP contribution in [0.2, 0.25) is 10.0 Å². The highest BCUT2D eigenvalue weighted by Crippen LogP contribution is 2.34. The molecule has 32 heavy (non-hydrogen) atoms. The van der Waals surface area contributed by atoms with Crippen molar-refractivity contribution in [2.45, 2.75) is 13.0 Å². The lowest BCUT2D eigenvalue weighted by molar-refractivity contribution is 0.301. The SMILES string of the molecule is N#Cc1cc(Cl)cc(Oc2cc(OCc3[nH]nc4nc(N5CCC5)ccc34)ccc2Cl)c1. The summed E-state index contributed by atoms with van der Waals surface area (Å²) in [7, 11) is 0. The highest BCUT2D eigenvalue weighted by atomic mass is 35.5. The zero-order valence-corrected chi connectivity index (χ0v) is 18.3. The van der Waals surface area contributed by atoms with Gasteiger partial charge in [-0.1, -0.05) is 23.2 Å². The second kappa shape index (κ2) is 8.58. The molecule has 0 atom stereocenters. The van der Waals surface area contributed by atoms with Gasteiger partial charge >= 0.3 is 0 Å². The molecular weight excluding hydrogens is 449 g/mol. The van der Waals surface area contributed by atoms with Crippen LogP contribution in [0.4, 0.5) is 5.82 Å². The maximum absolute atomic E-state index is 9.12. The number of fused-ring (bicyclic) bond motifs is 1. The number of nitrogens with zero attached hydrogens (tertiary/aromatic N) is 4. The highest BCUT2D eigenvalue weighted by molar-refractivity contribution is 6.32. The first-order chi connectivity index (χ1) is 15.6. The number of nitrogens with one attached hydrogen (secondary N) is 1. The normalized spacial score (nSPS) is 13.0. The third kappa shape index (κ3) is 4.15. The van der Waals surface area contributed by atoms with Crippen molar-refractivity contribution in [1.29, 1.82) is 5.26 Å². The van der Waals surface area contributed by atoms with E-state index in [1.807, 2.05) is 18.2 Å². The molecule has 2 aromatic heterocycles. The van der Waals surface area contributed by atoms with Crippen LogP contribution in [0.25, 0.3) is 11.0 Å². The van der Waals surface area contributed by atoms with Gasteiger partial charge in [0, 0.05) is 29.6 Å². The van der Waals surface area contributed by atoms with E-state index in [0.717, 1.165) is 30.0 Å². The summed E-state index contributed by atoms with van der Waals surface area (Å²) in [5.74, 6) is 2.32. The van der Waals surface area contributed by atoms with Crippen LogP contribution in [0.3, 0.4) is 0 Å². The molecule has 1 aliphatic rings. The van der Waals surface area contributed by atoms with Crippen molar-refractivity contribution in [3.8, 4) is 23.3 Å². The van der Waals surface area contributed by atoms with Crippen LogP contribution in [0, 0.1) is 11.3 Å². The van der Waals surface area contributed by atoms with Gasteiger partial charge in [0.25, 0.3) is 0 Å². The fourth-order valence-corrected chi connectivity index (χ4v) is 3.77. The van der Waals surface area contributed by atoms with Crippen LogP contribution in [0.1, 0.15) is 17.7 Å². The van der Waals surface area contributed by atoms with Crippen molar-refractivity contribution in [3.05, 3.63) is 69.8 Å². The van der Waals surface area contributed by atoms with Gasteiger partial charge in [-0.25, -0.2) is 4.98 Å². The number of H-pyrrole nitrogens is 1. The summed E-state index contributed by atoms with van der Waals surface area (Å²) in [5.41, 5.74) is 1.89. The van der Waals surface area contributed by atoms with Crippen LogP contribution in [0.15, 0.2) is 48.5 Å². The van der Waals surface area contributed by atoms with Gasteiger partial charge in [-0.15, -0.1) is 0 Å². The zero-order valence-electron chi connectivity index (χ0n) is 16.8. The Bertz CT molecular complexity index is 1340. The molecule has 0 spiro atoms. The maximum Gasteiger partial charge on any atom is 0.183 e. The standard InChI is InChI=1S/C23H17Cl2N5O2/c24-15-8-14(12-26)9-17(10-15)32-21-11-16(2-4-19(21)25)31-13-20-18-3-5-22(30-6-1-7-30)27-23(18)29-28-20/h2-5,8-11H,1,6-7,13H2,(H,27,28,29). The molecule has 3 heterocycles. The van der Waals surface area contributed by atoms with Crippen molar-refractivity contribution in [1.82, 2.24) is 15.2 Å². The Morgan fingerprint density at radius 2 is 1.94 bits per heavy atom. The maximum atomic E-state index is 9.12. The van der Waals surface area contributed by atoms with Crippen LogP contribution < -0.4 is 14.4 Å². The zero-order chi connectivity index (χ0) is 22.1. The van der Waals surface area contributed by atoms with Crippen molar-refractivity contribution < 1.29 is 9.47 Å². The summed E-state index contributed by atoms with van der Waals surface area (Å²) in [5, 5.41) is 18.2. The van der Waals surface area contributed by atoms with Gasteiger partial charge in [0.05, 0.1) is 22.3 Å². The number of hydrogen-bond acceptors (Lipinski definition) is 6. The Balaban J connectivity index is 1.32. The first-order valence-corrected chi connectivity index (χ1v) is 10.7. The molecule has 5 rings (SSSR count). The predicted octanol–water partition coefficient (Wildman–Crippen LogP) is 5.72. The number of aromatic nitrogens is 3. The van der Waals surface area contributed by atoms with Crippen molar-refractivity contribution in [2.24, 2.45) is 0 Å². The molecule has 0 aliphatic carbocycles. The highest BCUT2D eigenvalue weighted by Gasteiger charge is 2.17. The average Bonchev–Trinajstić information content (AvgIpc) is 3.15. The molecule has 0 saturated carbocycles. The fraction of sp³-hybridized carbons (Fsp3) is 0.174. The van der Waals surface area contributed by atoms with Crippen LogP contribution >= 0.6 is 23.2 Å². The van der Waals surface area contributed by atoms with Crippen molar-refractivity contribution in [2.75, 3.05) is 18.0 Å². The molecule has 160 valence electrons. The van der Waals surface area contributed by atoms with Gasteiger partial charge in [-0.3, -0.25) is 5.10 Å². The lowest BCUT2D eigenvalue weighted by Crippen LogP contribution is -2.37. The summed E-state index contributed by atoms with van der Waals surface area (Å²) in [6, 6.07) is 16.0. The van der Waals surface area contributed by atoms with E-state index in [9.17, 15) is 0 Å². The number of aromatic amines is 1. The summed E-state index contributed by atoms with van der Waals surface area (Å²) in [6.45, 7) is 2.35. The van der Waals surface area contributed by atoms with E-state index in [1.54, 1.807) is 36.4 Å². The number of rotatable bonds is 6. The molecule has 0 unspecified atom stereocenters. The monoisotopic (exact) mass is 465 g/mol. The molecule has 0 amide bonds. The molecule has 2 aromatic carbocycles. The van der Waals surface area contributed by atoms with Gasteiger partial charge in [-0.05, 0) is 48.9 Å². The topological polar surface area (TPSA) is 87.1 Å². The average molecular weight is 466 g/mol. The summed E-state index contributed by atoms with van der Waals surface area (Å²) in [6.07, 6.45) is 1.20. The Labute approximate surface area is 194 Å². The number of pyridine rings is 1. The lowest BCUT2D eigenvalue weighted by Gasteiger charge is -2.31. The Morgan fingerprint density at radius 1 is 1.06 bits per heavy atom. The Hall–Kier alpha value is -3.47. The number of hydrogen-bond donors (Lipinski definition) is 1. The van der Waals surface area contributed by atoms with E-state index in [4.69, 9.17) is 37.9 Å². The first kappa shape index (κ1) is 20.4. The minimum Gasteiger partial charge on any atom is -0.487 e. The summed E-state index contributed by atoms with van der Waals surface area (Å²) < 4.78 is 11.8. The van der Waals surface area contributed by atoms with Crippen LogP contribution in [0.5, 0.6) is 17.2 Å². The smallest absolute Gasteiger partial charge is 0.183 e. The number of ether oxygens (including phenoxy) is 2. The number of anilines is 1. The van der Waals surface area contributed by atoms with Gasteiger partial charge in [0.2, 0.25) is 0 Å². The quantitative estimate of drug-likeness (QED) is 0.391. The van der Waals surface area contributed by atoms with E-state index in [2.05, 4.69) is 20.1 Å². The molecule has 4 aromatic rings.